The minimum atomic E-state index is 0.272. The van der Waals surface area contributed by atoms with Crippen LogP contribution in [0.1, 0.15) is 56.1 Å². The molecule has 0 aliphatic carbocycles. The van der Waals surface area contributed by atoms with E-state index in [1.165, 1.54) is 10.8 Å². The molecule has 0 fully saturated rings. The van der Waals surface area contributed by atoms with E-state index in [0.29, 0.717) is 12.5 Å². The molecule has 0 amide bonds. The number of Topliss-reactive ketones (excluding diaryl/α,β-unsaturated/α-hetero) is 1. The van der Waals surface area contributed by atoms with Crippen molar-refractivity contribution in [1.29, 1.82) is 0 Å². The van der Waals surface area contributed by atoms with Gasteiger partial charge in [0.05, 0.1) is 5.69 Å². The predicted molar refractivity (Wildman–Crippen MR) is 76.5 cm³/mol. The molecule has 0 saturated carbocycles. The predicted octanol–water partition coefficient (Wildman–Crippen LogP) is 4.25. The SMILES string of the molecule is CCCC(=O)c1cccn1[C@H](C)CCCI. The van der Waals surface area contributed by atoms with E-state index in [9.17, 15) is 4.79 Å². The summed E-state index contributed by atoms with van der Waals surface area (Å²) in [4.78, 5) is 11.9. The standard InChI is InChI=1S/C13H20INO/c1-3-6-13(16)12-8-5-10-15(12)11(2)7-4-9-14/h5,8,10-11H,3-4,6-7,9H2,1-2H3/t11-/m1/s1. The lowest BCUT2D eigenvalue weighted by Crippen LogP contribution is -2.12. The van der Waals surface area contributed by atoms with Gasteiger partial charge in [-0.05, 0) is 42.7 Å². The van der Waals surface area contributed by atoms with E-state index in [2.05, 4.69) is 34.1 Å². The second-order valence-electron chi connectivity index (χ2n) is 4.15. The van der Waals surface area contributed by atoms with Crippen LogP contribution in [0.5, 0.6) is 0 Å². The molecule has 2 nitrogen and oxygen atoms in total. The van der Waals surface area contributed by atoms with Crippen LogP contribution in [-0.2, 0) is 0 Å². The van der Waals surface area contributed by atoms with E-state index in [1.807, 2.05) is 25.3 Å². The smallest absolute Gasteiger partial charge is 0.179 e. The Morgan fingerprint density at radius 3 is 2.94 bits per heavy atom. The van der Waals surface area contributed by atoms with Crippen LogP contribution in [0.2, 0.25) is 0 Å². The summed E-state index contributed by atoms with van der Waals surface area (Å²) in [7, 11) is 0. The topological polar surface area (TPSA) is 22.0 Å². The summed E-state index contributed by atoms with van der Waals surface area (Å²) in [6, 6.07) is 4.35. The van der Waals surface area contributed by atoms with E-state index in [1.54, 1.807) is 0 Å². The minimum absolute atomic E-state index is 0.272. The Morgan fingerprint density at radius 1 is 1.56 bits per heavy atom. The zero-order chi connectivity index (χ0) is 12.0. The maximum Gasteiger partial charge on any atom is 0.179 e. The van der Waals surface area contributed by atoms with Crippen LogP contribution in [0.3, 0.4) is 0 Å². The van der Waals surface area contributed by atoms with Crippen molar-refractivity contribution >= 4 is 28.4 Å². The van der Waals surface area contributed by atoms with Gasteiger partial charge in [0, 0.05) is 18.7 Å². The second-order valence-corrected chi connectivity index (χ2v) is 5.23. The number of nitrogens with zero attached hydrogens (tertiary/aromatic N) is 1. The molecule has 1 aromatic heterocycles. The van der Waals surface area contributed by atoms with Crippen molar-refractivity contribution in [3.63, 3.8) is 0 Å². The maximum absolute atomic E-state index is 11.9. The number of aromatic nitrogens is 1. The zero-order valence-electron chi connectivity index (χ0n) is 10.1. The number of carbonyl (C=O) groups excluding carboxylic acids is 1. The highest BCUT2D eigenvalue weighted by molar-refractivity contribution is 14.1. The van der Waals surface area contributed by atoms with Crippen LogP contribution < -0.4 is 0 Å². The van der Waals surface area contributed by atoms with Gasteiger partial charge in [-0.3, -0.25) is 4.79 Å². The van der Waals surface area contributed by atoms with Crippen molar-refractivity contribution < 1.29 is 4.79 Å². The van der Waals surface area contributed by atoms with Crippen LogP contribution in [0, 0.1) is 0 Å². The Hall–Kier alpha value is -0.320. The minimum Gasteiger partial charge on any atom is -0.342 e. The van der Waals surface area contributed by atoms with Crippen molar-refractivity contribution in [2.45, 2.75) is 45.6 Å². The zero-order valence-corrected chi connectivity index (χ0v) is 12.2. The van der Waals surface area contributed by atoms with Gasteiger partial charge >= 0.3 is 0 Å². The molecule has 0 radical (unpaired) electrons. The fourth-order valence-electron chi connectivity index (χ4n) is 1.88. The van der Waals surface area contributed by atoms with Gasteiger partial charge in [0.15, 0.2) is 5.78 Å². The van der Waals surface area contributed by atoms with Gasteiger partial charge in [-0.2, -0.15) is 0 Å². The molecule has 0 bridgehead atoms. The number of hydrogen-bond acceptors (Lipinski definition) is 1. The van der Waals surface area contributed by atoms with Crippen molar-refractivity contribution in [2.24, 2.45) is 0 Å². The van der Waals surface area contributed by atoms with Crippen molar-refractivity contribution in [3.05, 3.63) is 24.0 Å². The Bertz CT molecular complexity index is 332. The third-order valence-electron chi connectivity index (χ3n) is 2.77. The van der Waals surface area contributed by atoms with E-state index >= 15 is 0 Å². The van der Waals surface area contributed by atoms with Crippen LogP contribution in [0.15, 0.2) is 18.3 Å². The molecule has 3 heteroatoms. The Kier molecular flexibility index (Phi) is 6.09. The lowest BCUT2D eigenvalue weighted by atomic mass is 10.1. The molecular weight excluding hydrogens is 313 g/mol. The molecule has 90 valence electrons. The first kappa shape index (κ1) is 13.7. The van der Waals surface area contributed by atoms with Gasteiger partial charge in [-0.1, -0.05) is 29.5 Å². The molecule has 0 spiro atoms. The molecule has 0 N–H and O–H groups in total. The number of ketones is 1. The average molecular weight is 333 g/mol. The highest BCUT2D eigenvalue weighted by Gasteiger charge is 2.13. The normalized spacial score (nSPS) is 12.7. The fraction of sp³-hybridized carbons (Fsp3) is 0.615. The lowest BCUT2D eigenvalue weighted by molar-refractivity contribution is 0.0970. The van der Waals surface area contributed by atoms with E-state index < -0.39 is 0 Å². The van der Waals surface area contributed by atoms with Gasteiger partial charge in [0.25, 0.3) is 0 Å². The Morgan fingerprint density at radius 2 is 2.31 bits per heavy atom. The van der Waals surface area contributed by atoms with E-state index in [4.69, 9.17) is 0 Å². The largest absolute Gasteiger partial charge is 0.342 e. The van der Waals surface area contributed by atoms with Crippen LogP contribution >= 0.6 is 22.6 Å². The van der Waals surface area contributed by atoms with Crippen LogP contribution in [0.4, 0.5) is 0 Å². The molecule has 0 aliphatic heterocycles. The lowest BCUT2D eigenvalue weighted by Gasteiger charge is -2.16. The monoisotopic (exact) mass is 333 g/mol. The number of carbonyl (C=O) groups is 1. The molecule has 0 aromatic carbocycles. The van der Waals surface area contributed by atoms with Crippen molar-refractivity contribution in [3.8, 4) is 0 Å². The number of hydrogen-bond donors (Lipinski definition) is 0. The quantitative estimate of drug-likeness (QED) is 0.415. The molecule has 16 heavy (non-hydrogen) atoms. The Balaban J connectivity index is 2.72. The first-order chi connectivity index (χ1) is 7.70. The highest BCUT2D eigenvalue weighted by Crippen LogP contribution is 2.18. The summed E-state index contributed by atoms with van der Waals surface area (Å²) >= 11 is 2.40. The van der Waals surface area contributed by atoms with Crippen molar-refractivity contribution in [1.82, 2.24) is 4.57 Å². The summed E-state index contributed by atoms with van der Waals surface area (Å²) in [5, 5.41) is 0. The van der Waals surface area contributed by atoms with Crippen LogP contribution in [-0.4, -0.2) is 14.8 Å². The third kappa shape index (κ3) is 3.61. The second kappa shape index (κ2) is 7.09. The van der Waals surface area contributed by atoms with Gasteiger partial charge in [0.2, 0.25) is 0 Å². The fourth-order valence-corrected chi connectivity index (χ4v) is 2.32. The van der Waals surface area contributed by atoms with E-state index in [-0.39, 0.29) is 5.78 Å². The van der Waals surface area contributed by atoms with Gasteiger partial charge in [-0.15, -0.1) is 0 Å². The van der Waals surface area contributed by atoms with Crippen molar-refractivity contribution in [2.75, 3.05) is 4.43 Å². The Labute approximate surface area is 112 Å². The summed E-state index contributed by atoms with van der Waals surface area (Å²) in [6.45, 7) is 4.24. The number of alkyl halides is 1. The van der Waals surface area contributed by atoms with Gasteiger partial charge < -0.3 is 4.57 Å². The molecule has 0 saturated heterocycles. The van der Waals surface area contributed by atoms with Gasteiger partial charge in [0.1, 0.15) is 0 Å². The molecule has 1 rings (SSSR count). The highest BCUT2D eigenvalue weighted by atomic mass is 127. The van der Waals surface area contributed by atoms with E-state index in [0.717, 1.165) is 18.5 Å². The summed E-state index contributed by atoms with van der Waals surface area (Å²) in [6.07, 6.45) is 5.96. The first-order valence-electron chi connectivity index (χ1n) is 5.96. The molecule has 0 aliphatic rings. The summed E-state index contributed by atoms with van der Waals surface area (Å²) < 4.78 is 3.31. The van der Waals surface area contributed by atoms with Crippen LogP contribution in [0.25, 0.3) is 0 Å². The first-order valence-corrected chi connectivity index (χ1v) is 7.49. The summed E-state index contributed by atoms with van der Waals surface area (Å²) in [5.41, 5.74) is 0.878. The molecule has 1 heterocycles. The number of rotatable bonds is 7. The third-order valence-corrected chi connectivity index (χ3v) is 3.53. The molecule has 1 aromatic rings. The number of halogens is 1. The molecule has 0 unspecified atom stereocenters. The molecular formula is C13H20INO. The summed E-state index contributed by atoms with van der Waals surface area (Å²) in [5.74, 6) is 0.272. The van der Waals surface area contributed by atoms with Gasteiger partial charge in [-0.25, -0.2) is 0 Å². The average Bonchev–Trinajstić information content (AvgIpc) is 2.75. The maximum atomic E-state index is 11.9. The molecule has 1 atom stereocenters.